The van der Waals surface area contributed by atoms with Crippen LogP contribution in [0.1, 0.15) is 17.3 Å². The van der Waals surface area contributed by atoms with Gasteiger partial charge >= 0.3 is 0 Å². The van der Waals surface area contributed by atoms with Gasteiger partial charge in [-0.25, -0.2) is 0 Å². The van der Waals surface area contributed by atoms with Crippen LogP contribution in [0.4, 0.5) is 0 Å². The number of primary amides is 1. The molecule has 3 N–H and O–H groups in total. The maximum absolute atomic E-state index is 10.4. The molecule has 0 heterocycles. The van der Waals surface area contributed by atoms with E-state index in [0.29, 0.717) is 5.56 Å². The minimum absolute atomic E-state index is 0.250. The van der Waals surface area contributed by atoms with Crippen molar-refractivity contribution >= 4 is 5.91 Å². The number of amides is 1. The summed E-state index contributed by atoms with van der Waals surface area (Å²) >= 11 is 0. The highest BCUT2D eigenvalue weighted by atomic mass is 16.2. The average Bonchev–Trinajstić information content (AvgIpc) is 2.07. The molecule has 0 saturated carbocycles. The van der Waals surface area contributed by atoms with E-state index in [4.69, 9.17) is 10.8 Å². The van der Waals surface area contributed by atoms with Gasteiger partial charge < -0.3 is 10.8 Å². The van der Waals surface area contributed by atoms with Crippen LogP contribution < -0.4 is 5.73 Å². The van der Waals surface area contributed by atoms with Crippen molar-refractivity contribution in [2.45, 2.75) is 6.92 Å². The van der Waals surface area contributed by atoms with Crippen molar-refractivity contribution in [1.82, 2.24) is 0 Å². The second kappa shape index (κ2) is 6.37. The molecule has 1 rings (SSSR count). The molecule has 66 valence electrons. The fraction of sp³-hybridized carbons (Fsp3) is 0.222. The van der Waals surface area contributed by atoms with Crippen molar-refractivity contribution in [3.05, 3.63) is 35.9 Å². The van der Waals surface area contributed by atoms with Crippen LogP contribution >= 0.6 is 0 Å². The second-order valence-corrected chi connectivity index (χ2v) is 2.05. The predicted octanol–water partition coefficient (Wildman–Crippen LogP) is 0.784. The molecule has 0 spiro atoms. The van der Waals surface area contributed by atoms with Gasteiger partial charge in [-0.05, 0) is 19.1 Å². The summed E-state index contributed by atoms with van der Waals surface area (Å²) in [7, 11) is 0. The lowest BCUT2D eigenvalue weighted by Crippen LogP contribution is -2.09. The summed E-state index contributed by atoms with van der Waals surface area (Å²) in [5.41, 5.74) is 5.53. The summed E-state index contributed by atoms with van der Waals surface area (Å²) in [4.78, 5) is 10.4. The molecular formula is C9H13NO2. The molecule has 1 aromatic rings. The first-order valence-electron chi connectivity index (χ1n) is 3.68. The third-order valence-electron chi connectivity index (χ3n) is 1.06. The number of hydrogen-bond donors (Lipinski definition) is 2. The standard InChI is InChI=1S/C7H7NO.C2H6O/c8-7(9)6-4-2-1-3-5-6;1-2-3/h1-5H,(H2,8,9);3H,2H2,1H3. The van der Waals surface area contributed by atoms with Gasteiger partial charge in [0.1, 0.15) is 0 Å². The second-order valence-electron chi connectivity index (χ2n) is 2.05. The predicted molar refractivity (Wildman–Crippen MR) is 47.7 cm³/mol. The maximum Gasteiger partial charge on any atom is 0.248 e. The number of nitrogens with two attached hydrogens (primary N) is 1. The molecule has 0 aliphatic rings. The molecule has 0 aromatic heterocycles. The quantitative estimate of drug-likeness (QED) is 0.649. The zero-order valence-corrected chi connectivity index (χ0v) is 7.03. The first-order chi connectivity index (χ1) is 5.72. The average molecular weight is 167 g/mol. The summed E-state index contributed by atoms with van der Waals surface area (Å²) in [5.74, 6) is -0.379. The van der Waals surface area contributed by atoms with E-state index in [2.05, 4.69) is 0 Å². The molecule has 0 saturated heterocycles. The fourth-order valence-electron chi connectivity index (χ4n) is 0.602. The molecule has 0 bridgehead atoms. The van der Waals surface area contributed by atoms with Crippen LogP contribution in [0.15, 0.2) is 30.3 Å². The first-order valence-corrected chi connectivity index (χ1v) is 3.68. The van der Waals surface area contributed by atoms with Gasteiger partial charge in [0.2, 0.25) is 5.91 Å². The molecule has 0 atom stereocenters. The SMILES string of the molecule is CCO.NC(=O)c1ccccc1. The van der Waals surface area contributed by atoms with Crippen LogP contribution in [-0.2, 0) is 0 Å². The van der Waals surface area contributed by atoms with Gasteiger partial charge in [0.25, 0.3) is 0 Å². The number of aliphatic hydroxyl groups excluding tert-OH is 1. The van der Waals surface area contributed by atoms with E-state index in [1.165, 1.54) is 0 Å². The molecule has 0 radical (unpaired) electrons. The molecule has 0 aliphatic carbocycles. The van der Waals surface area contributed by atoms with Crippen molar-refractivity contribution in [1.29, 1.82) is 0 Å². The third-order valence-corrected chi connectivity index (χ3v) is 1.06. The maximum atomic E-state index is 10.4. The summed E-state index contributed by atoms with van der Waals surface area (Å²) in [6.07, 6.45) is 0. The van der Waals surface area contributed by atoms with Gasteiger partial charge in [-0.3, -0.25) is 4.79 Å². The molecule has 0 unspecified atom stereocenters. The summed E-state index contributed by atoms with van der Waals surface area (Å²) < 4.78 is 0. The lowest BCUT2D eigenvalue weighted by molar-refractivity contribution is 0.100. The largest absolute Gasteiger partial charge is 0.397 e. The lowest BCUT2D eigenvalue weighted by atomic mass is 10.2. The Bertz CT molecular complexity index is 221. The fourth-order valence-corrected chi connectivity index (χ4v) is 0.602. The summed E-state index contributed by atoms with van der Waals surface area (Å²) in [6.45, 7) is 1.93. The minimum Gasteiger partial charge on any atom is -0.397 e. The Kier molecular flexibility index (Phi) is 5.65. The van der Waals surface area contributed by atoms with E-state index in [1.54, 1.807) is 31.2 Å². The van der Waals surface area contributed by atoms with Crippen molar-refractivity contribution in [2.75, 3.05) is 6.61 Å². The monoisotopic (exact) mass is 167 g/mol. The molecule has 12 heavy (non-hydrogen) atoms. The van der Waals surface area contributed by atoms with Gasteiger partial charge in [0, 0.05) is 12.2 Å². The van der Waals surface area contributed by atoms with Crippen LogP contribution in [0.3, 0.4) is 0 Å². The minimum atomic E-state index is -0.379. The highest BCUT2D eigenvalue weighted by molar-refractivity contribution is 5.92. The Morgan fingerprint density at radius 2 is 1.83 bits per heavy atom. The number of carbonyl (C=O) groups excluding carboxylic acids is 1. The van der Waals surface area contributed by atoms with E-state index in [-0.39, 0.29) is 12.5 Å². The number of benzene rings is 1. The van der Waals surface area contributed by atoms with Crippen molar-refractivity contribution in [2.24, 2.45) is 5.73 Å². The Morgan fingerprint density at radius 3 is 2.08 bits per heavy atom. The van der Waals surface area contributed by atoms with Crippen LogP contribution in [0.5, 0.6) is 0 Å². The van der Waals surface area contributed by atoms with E-state index in [1.807, 2.05) is 6.07 Å². The van der Waals surface area contributed by atoms with Gasteiger partial charge in [-0.2, -0.15) is 0 Å². The Hall–Kier alpha value is -1.35. The number of carbonyl (C=O) groups is 1. The van der Waals surface area contributed by atoms with Gasteiger partial charge in [-0.1, -0.05) is 18.2 Å². The van der Waals surface area contributed by atoms with Gasteiger partial charge in [0.15, 0.2) is 0 Å². The van der Waals surface area contributed by atoms with Crippen molar-refractivity contribution < 1.29 is 9.90 Å². The smallest absolute Gasteiger partial charge is 0.248 e. The van der Waals surface area contributed by atoms with Crippen molar-refractivity contribution in [3.63, 3.8) is 0 Å². The molecule has 1 amide bonds. The Labute approximate surface area is 71.8 Å². The van der Waals surface area contributed by atoms with Crippen molar-refractivity contribution in [3.8, 4) is 0 Å². The van der Waals surface area contributed by atoms with E-state index >= 15 is 0 Å². The van der Waals surface area contributed by atoms with Crippen LogP contribution in [0, 0.1) is 0 Å². The highest BCUT2D eigenvalue weighted by Gasteiger charge is 1.93. The molecule has 3 nitrogen and oxygen atoms in total. The van der Waals surface area contributed by atoms with Gasteiger partial charge in [-0.15, -0.1) is 0 Å². The molecule has 3 heteroatoms. The highest BCUT2D eigenvalue weighted by Crippen LogP contribution is 1.94. The van der Waals surface area contributed by atoms with Crippen LogP contribution in [0.25, 0.3) is 0 Å². The van der Waals surface area contributed by atoms with E-state index in [0.717, 1.165) is 0 Å². The number of rotatable bonds is 1. The molecule has 0 fully saturated rings. The zero-order chi connectivity index (χ0) is 9.40. The number of hydrogen-bond acceptors (Lipinski definition) is 2. The Balaban J connectivity index is 0.000000354. The Morgan fingerprint density at radius 1 is 1.42 bits per heavy atom. The molecule has 0 aliphatic heterocycles. The van der Waals surface area contributed by atoms with Gasteiger partial charge in [0.05, 0.1) is 0 Å². The third kappa shape index (κ3) is 4.46. The lowest BCUT2D eigenvalue weighted by Gasteiger charge is -1.89. The summed E-state index contributed by atoms with van der Waals surface area (Å²) in [5, 5.41) is 7.57. The van der Waals surface area contributed by atoms with Crippen LogP contribution in [-0.4, -0.2) is 17.6 Å². The first kappa shape index (κ1) is 10.7. The summed E-state index contributed by atoms with van der Waals surface area (Å²) in [6, 6.07) is 8.76. The van der Waals surface area contributed by atoms with Crippen LogP contribution in [0.2, 0.25) is 0 Å². The van der Waals surface area contributed by atoms with E-state index in [9.17, 15) is 4.79 Å². The zero-order valence-electron chi connectivity index (χ0n) is 7.03. The molecular weight excluding hydrogens is 154 g/mol. The molecule has 1 aromatic carbocycles. The van der Waals surface area contributed by atoms with E-state index < -0.39 is 0 Å². The topological polar surface area (TPSA) is 63.3 Å². The normalized spacial score (nSPS) is 8.17. The number of aliphatic hydroxyl groups is 1.